The SMILES string of the molecule is Cc1cc(C)c(-c2ccc(Oc3[c-]c4c(cc3)c3ccccc3n4-c3cc(C(C)(C)C)ccn3)[c-]c2N2[CH-]N(c3c(C)cc(C)cc3C)c3c2cc(C(C)(C)C)cc3C(C)(C)C)c(C)c1.[Pt]. The zero-order chi connectivity index (χ0) is 46.5. The number of ether oxygens (including phenoxy) is 1. The molecule has 6 heteroatoms. The summed E-state index contributed by atoms with van der Waals surface area (Å²) in [6.45, 7) is 36.2. The maximum absolute atomic E-state index is 6.93. The van der Waals surface area contributed by atoms with Crippen LogP contribution in [0.15, 0.2) is 103 Å². The second-order valence-corrected chi connectivity index (χ2v) is 21.5. The topological polar surface area (TPSA) is 33.5 Å². The van der Waals surface area contributed by atoms with Gasteiger partial charge in [-0.25, -0.2) is 4.98 Å². The summed E-state index contributed by atoms with van der Waals surface area (Å²) in [5, 5.41) is 2.24. The summed E-state index contributed by atoms with van der Waals surface area (Å²) in [4.78, 5) is 9.72. The molecule has 66 heavy (non-hydrogen) atoms. The average Bonchev–Trinajstić information content (AvgIpc) is 3.75. The van der Waals surface area contributed by atoms with Crippen molar-refractivity contribution in [3.8, 4) is 28.4 Å². The smallest absolute Gasteiger partial charge is 0.135 e. The molecule has 0 fully saturated rings. The Balaban J connectivity index is 0.00000592. The third kappa shape index (κ3) is 8.38. The van der Waals surface area contributed by atoms with Crippen molar-refractivity contribution in [1.29, 1.82) is 0 Å². The number of hydrogen-bond donors (Lipinski definition) is 0. The minimum atomic E-state index is -0.151. The van der Waals surface area contributed by atoms with Crippen LogP contribution in [0.3, 0.4) is 0 Å². The molecule has 342 valence electrons. The molecule has 0 unspecified atom stereocenters. The summed E-state index contributed by atoms with van der Waals surface area (Å²) >= 11 is 0. The molecule has 0 radical (unpaired) electrons. The fourth-order valence-corrected chi connectivity index (χ4v) is 10.0. The standard InChI is InChI=1S/C60H63N4O.Pt/c1-36-26-38(3)55(39(4)27-36)48-23-21-44(65-45-20-22-47-46-18-16-17-19-50(46)64(52(47)34-45)54-32-42(24-25-61-54)58(7,8)9)33-51(48)62-35-63(56-40(5)28-37(2)29-41(56)6)57-49(60(13,14)15)30-43(31-53(57)62)59(10,11)12;/h16-32,35H,1-15H3;/q-3;. The van der Waals surface area contributed by atoms with Crippen LogP contribution >= 0.6 is 0 Å². The van der Waals surface area contributed by atoms with E-state index in [2.05, 4.69) is 228 Å². The van der Waals surface area contributed by atoms with Crippen LogP contribution in [-0.2, 0) is 37.3 Å². The molecule has 1 aliphatic rings. The van der Waals surface area contributed by atoms with Crippen LogP contribution < -0.4 is 14.5 Å². The van der Waals surface area contributed by atoms with E-state index in [4.69, 9.17) is 9.72 Å². The molecular weight excluding hydrogens is 988 g/mol. The molecule has 0 amide bonds. The third-order valence-electron chi connectivity index (χ3n) is 13.1. The number of hydrogen-bond acceptors (Lipinski definition) is 4. The van der Waals surface area contributed by atoms with Crippen LogP contribution in [0.1, 0.15) is 112 Å². The van der Waals surface area contributed by atoms with E-state index in [9.17, 15) is 0 Å². The number of anilines is 4. The summed E-state index contributed by atoms with van der Waals surface area (Å²) in [5.41, 5.74) is 19.7. The van der Waals surface area contributed by atoms with Gasteiger partial charge in [-0.3, -0.25) is 0 Å². The first-order valence-electron chi connectivity index (χ1n) is 23.0. The van der Waals surface area contributed by atoms with E-state index in [1.54, 1.807) is 0 Å². The molecule has 6 aromatic carbocycles. The van der Waals surface area contributed by atoms with Gasteiger partial charge in [0.1, 0.15) is 5.82 Å². The normalized spacial score (nSPS) is 13.1. The van der Waals surface area contributed by atoms with Crippen molar-refractivity contribution in [1.82, 2.24) is 9.55 Å². The molecule has 0 saturated heterocycles. The largest absolute Gasteiger partial charge is 0.509 e. The van der Waals surface area contributed by atoms with Crippen molar-refractivity contribution >= 4 is 44.6 Å². The average molecular weight is 1050 g/mol. The summed E-state index contributed by atoms with van der Waals surface area (Å²) in [6, 6.07) is 42.9. The van der Waals surface area contributed by atoms with Gasteiger partial charge in [0.05, 0.1) is 0 Å². The van der Waals surface area contributed by atoms with Gasteiger partial charge < -0.3 is 19.1 Å². The fourth-order valence-electron chi connectivity index (χ4n) is 10.0. The summed E-state index contributed by atoms with van der Waals surface area (Å²) in [7, 11) is 0. The molecule has 0 saturated carbocycles. The Kier molecular flexibility index (Phi) is 12.0. The third-order valence-corrected chi connectivity index (χ3v) is 13.1. The molecule has 1 aliphatic heterocycles. The van der Waals surface area contributed by atoms with Crippen LogP contribution in [0.4, 0.5) is 22.7 Å². The van der Waals surface area contributed by atoms with Crippen molar-refractivity contribution in [3.05, 3.63) is 172 Å². The Morgan fingerprint density at radius 3 is 1.80 bits per heavy atom. The number of para-hydroxylation sites is 1. The molecule has 8 aromatic rings. The van der Waals surface area contributed by atoms with Gasteiger partial charge in [0.2, 0.25) is 0 Å². The van der Waals surface area contributed by atoms with E-state index < -0.39 is 0 Å². The molecule has 0 bridgehead atoms. The van der Waals surface area contributed by atoms with Crippen molar-refractivity contribution in [2.75, 3.05) is 9.80 Å². The van der Waals surface area contributed by atoms with Crippen molar-refractivity contribution in [2.45, 2.75) is 120 Å². The second-order valence-electron chi connectivity index (χ2n) is 21.5. The minimum Gasteiger partial charge on any atom is -0.509 e. The van der Waals surface area contributed by atoms with Gasteiger partial charge in [-0.1, -0.05) is 150 Å². The zero-order valence-corrected chi connectivity index (χ0v) is 43.7. The molecule has 9 rings (SSSR count). The Morgan fingerprint density at radius 2 is 1.17 bits per heavy atom. The van der Waals surface area contributed by atoms with Gasteiger partial charge in [0, 0.05) is 61.3 Å². The first kappa shape index (κ1) is 46.9. The number of benzene rings is 6. The Labute approximate surface area is 408 Å². The van der Waals surface area contributed by atoms with E-state index in [0.717, 1.165) is 44.6 Å². The molecule has 0 aliphatic carbocycles. The van der Waals surface area contributed by atoms with Gasteiger partial charge in [0.15, 0.2) is 0 Å². The summed E-state index contributed by atoms with van der Waals surface area (Å²) < 4.78 is 9.15. The fraction of sp³-hybridized carbons (Fsp3) is 0.300. The predicted octanol–water partition coefficient (Wildman–Crippen LogP) is 16.4. The van der Waals surface area contributed by atoms with Gasteiger partial charge in [-0.15, -0.1) is 41.9 Å². The van der Waals surface area contributed by atoms with Crippen LogP contribution in [0, 0.1) is 60.3 Å². The second kappa shape index (κ2) is 16.9. The van der Waals surface area contributed by atoms with Crippen molar-refractivity contribution in [3.63, 3.8) is 0 Å². The minimum absolute atomic E-state index is 0. The number of pyridine rings is 1. The Morgan fingerprint density at radius 1 is 0.561 bits per heavy atom. The molecule has 0 N–H and O–H groups in total. The van der Waals surface area contributed by atoms with Crippen LogP contribution in [0.25, 0.3) is 38.8 Å². The van der Waals surface area contributed by atoms with E-state index in [-0.39, 0.29) is 37.3 Å². The Bertz CT molecular complexity index is 3140. The first-order valence-corrected chi connectivity index (χ1v) is 23.0. The van der Waals surface area contributed by atoms with E-state index >= 15 is 0 Å². The maximum atomic E-state index is 6.93. The number of aryl methyl sites for hydroxylation is 6. The molecular formula is C60H63N4OPt-3. The van der Waals surface area contributed by atoms with E-state index in [1.807, 2.05) is 12.3 Å². The Hall–Kier alpha value is -5.64. The van der Waals surface area contributed by atoms with Crippen LogP contribution in [0.5, 0.6) is 11.5 Å². The van der Waals surface area contributed by atoms with Crippen LogP contribution in [0.2, 0.25) is 0 Å². The number of nitrogens with zero attached hydrogens (tertiary/aromatic N) is 4. The molecule has 0 spiro atoms. The zero-order valence-electron chi connectivity index (χ0n) is 41.4. The monoisotopic (exact) mass is 1050 g/mol. The van der Waals surface area contributed by atoms with E-state index in [1.165, 1.54) is 67.0 Å². The van der Waals surface area contributed by atoms with Gasteiger partial charge in [-0.05, 0) is 115 Å². The molecule has 0 atom stereocenters. The first-order chi connectivity index (χ1) is 30.6. The van der Waals surface area contributed by atoms with Crippen molar-refractivity contribution in [2.24, 2.45) is 0 Å². The van der Waals surface area contributed by atoms with Gasteiger partial charge in [-0.2, -0.15) is 12.1 Å². The van der Waals surface area contributed by atoms with E-state index in [0.29, 0.717) is 11.5 Å². The van der Waals surface area contributed by atoms with Crippen molar-refractivity contribution < 1.29 is 25.8 Å². The quantitative estimate of drug-likeness (QED) is 0.155. The molecule has 3 heterocycles. The maximum Gasteiger partial charge on any atom is 0.135 e. The summed E-state index contributed by atoms with van der Waals surface area (Å²) in [6.07, 6.45) is 1.91. The summed E-state index contributed by atoms with van der Waals surface area (Å²) in [5.74, 6) is 2.07. The van der Waals surface area contributed by atoms with Gasteiger partial charge in [0.25, 0.3) is 0 Å². The number of fused-ring (bicyclic) bond motifs is 4. The number of aromatic nitrogens is 2. The van der Waals surface area contributed by atoms with Gasteiger partial charge >= 0.3 is 0 Å². The van der Waals surface area contributed by atoms with Crippen LogP contribution in [-0.4, -0.2) is 9.55 Å². The number of rotatable bonds is 6. The molecule has 2 aromatic heterocycles. The molecule has 5 nitrogen and oxygen atoms in total. The predicted molar refractivity (Wildman–Crippen MR) is 274 cm³/mol.